The average Bonchev–Trinajstić information content (AvgIpc) is 2.66. The Morgan fingerprint density at radius 1 is 1.11 bits per heavy atom. The lowest BCUT2D eigenvalue weighted by atomic mass is 9.95. The van der Waals surface area contributed by atoms with Crippen LogP contribution < -0.4 is 5.32 Å². The lowest BCUT2D eigenvalue weighted by Gasteiger charge is -2.20. The number of aryl methyl sites for hydroxylation is 3. The highest BCUT2D eigenvalue weighted by Crippen LogP contribution is 2.31. The number of hydrogen-bond donors (Lipinski definition) is 1. The Hall–Kier alpha value is -1.12. The van der Waals surface area contributed by atoms with Crippen molar-refractivity contribution in [2.75, 3.05) is 6.54 Å². The van der Waals surface area contributed by atoms with Crippen LogP contribution in [0, 0.1) is 20.8 Å². The summed E-state index contributed by atoms with van der Waals surface area (Å²) in [6.07, 6.45) is 0. The molecular formula is C16H21NS. The van der Waals surface area contributed by atoms with Crippen LogP contribution in [0.5, 0.6) is 0 Å². The molecule has 0 aliphatic rings. The van der Waals surface area contributed by atoms with Gasteiger partial charge in [0, 0.05) is 9.75 Å². The molecule has 1 N–H and O–H groups in total. The first-order chi connectivity index (χ1) is 8.63. The molecule has 96 valence electrons. The number of nitrogens with one attached hydrogen (secondary N) is 1. The summed E-state index contributed by atoms with van der Waals surface area (Å²) in [6.45, 7) is 9.74. The molecule has 0 bridgehead atoms. The van der Waals surface area contributed by atoms with Crippen molar-refractivity contribution in [2.45, 2.75) is 33.7 Å². The van der Waals surface area contributed by atoms with E-state index in [2.05, 4.69) is 63.3 Å². The minimum Gasteiger partial charge on any atom is -0.306 e. The summed E-state index contributed by atoms with van der Waals surface area (Å²) in [5.74, 6) is 0. The van der Waals surface area contributed by atoms with Gasteiger partial charge < -0.3 is 5.32 Å². The molecular weight excluding hydrogens is 238 g/mol. The van der Waals surface area contributed by atoms with Gasteiger partial charge >= 0.3 is 0 Å². The summed E-state index contributed by atoms with van der Waals surface area (Å²) >= 11 is 1.88. The highest BCUT2D eigenvalue weighted by Gasteiger charge is 2.18. The summed E-state index contributed by atoms with van der Waals surface area (Å²) in [5, 5.41) is 3.62. The minimum absolute atomic E-state index is 0.321. The fourth-order valence-electron chi connectivity index (χ4n) is 2.44. The van der Waals surface area contributed by atoms with Gasteiger partial charge in [-0.15, -0.1) is 11.3 Å². The molecule has 2 aromatic rings. The van der Waals surface area contributed by atoms with E-state index >= 15 is 0 Å². The summed E-state index contributed by atoms with van der Waals surface area (Å²) in [7, 11) is 0. The van der Waals surface area contributed by atoms with Crippen LogP contribution in [0.3, 0.4) is 0 Å². The van der Waals surface area contributed by atoms with E-state index in [1.165, 1.54) is 26.4 Å². The Morgan fingerprint density at radius 2 is 1.83 bits per heavy atom. The molecule has 0 spiro atoms. The molecule has 18 heavy (non-hydrogen) atoms. The van der Waals surface area contributed by atoms with Crippen molar-refractivity contribution in [2.24, 2.45) is 0 Å². The smallest absolute Gasteiger partial charge is 0.0590 e. The fraction of sp³-hybridized carbons (Fsp3) is 0.375. The second-order valence-electron chi connectivity index (χ2n) is 4.72. The van der Waals surface area contributed by atoms with Crippen LogP contribution in [0.25, 0.3) is 0 Å². The van der Waals surface area contributed by atoms with E-state index in [-0.39, 0.29) is 0 Å². The van der Waals surface area contributed by atoms with E-state index in [0.717, 1.165) is 6.54 Å². The van der Waals surface area contributed by atoms with Gasteiger partial charge in [0.1, 0.15) is 0 Å². The Balaban J connectivity index is 2.46. The molecule has 1 nitrogen and oxygen atoms in total. The first kappa shape index (κ1) is 13.3. The SMILES string of the molecule is CCNC(c1ccccc1C)c1cc(C)sc1C. The maximum Gasteiger partial charge on any atom is 0.0590 e. The first-order valence-electron chi connectivity index (χ1n) is 6.49. The van der Waals surface area contributed by atoms with Crippen LogP contribution in [0.4, 0.5) is 0 Å². The van der Waals surface area contributed by atoms with Gasteiger partial charge in [0.2, 0.25) is 0 Å². The third-order valence-electron chi connectivity index (χ3n) is 3.30. The maximum absolute atomic E-state index is 3.62. The maximum atomic E-state index is 3.62. The zero-order valence-electron chi connectivity index (χ0n) is 11.6. The van der Waals surface area contributed by atoms with Crippen molar-refractivity contribution in [1.29, 1.82) is 0 Å². The van der Waals surface area contributed by atoms with Crippen LogP contribution in [-0.4, -0.2) is 6.54 Å². The first-order valence-corrected chi connectivity index (χ1v) is 7.31. The van der Waals surface area contributed by atoms with E-state index < -0.39 is 0 Å². The molecule has 1 aromatic heterocycles. The summed E-state index contributed by atoms with van der Waals surface area (Å²) in [5.41, 5.74) is 4.17. The molecule has 1 unspecified atom stereocenters. The van der Waals surface area contributed by atoms with Crippen molar-refractivity contribution in [3.63, 3.8) is 0 Å². The molecule has 2 heteroatoms. The van der Waals surface area contributed by atoms with E-state index in [1.807, 2.05) is 11.3 Å². The molecule has 0 saturated carbocycles. The normalized spacial score (nSPS) is 12.7. The fourth-order valence-corrected chi connectivity index (χ4v) is 3.40. The van der Waals surface area contributed by atoms with Crippen LogP contribution in [0.2, 0.25) is 0 Å². The highest BCUT2D eigenvalue weighted by atomic mass is 32.1. The van der Waals surface area contributed by atoms with Crippen molar-refractivity contribution in [1.82, 2.24) is 5.32 Å². The van der Waals surface area contributed by atoms with E-state index in [4.69, 9.17) is 0 Å². The van der Waals surface area contributed by atoms with Crippen molar-refractivity contribution in [3.8, 4) is 0 Å². The largest absolute Gasteiger partial charge is 0.306 e. The molecule has 0 radical (unpaired) electrons. The Labute approximate surface area is 114 Å². The van der Waals surface area contributed by atoms with Gasteiger partial charge in [-0.3, -0.25) is 0 Å². The van der Waals surface area contributed by atoms with Crippen molar-refractivity contribution in [3.05, 3.63) is 56.8 Å². The topological polar surface area (TPSA) is 12.0 Å². The van der Waals surface area contributed by atoms with Crippen LogP contribution in [0.1, 0.15) is 39.4 Å². The standard InChI is InChI=1S/C16H21NS/c1-5-17-16(14-9-7-6-8-11(14)2)15-10-12(3)18-13(15)4/h6-10,16-17H,5H2,1-4H3. The van der Waals surface area contributed by atoms with Gasteiger partial charge in [0.25, 0.3) is 0 Å². The molecule has 2 rings (SSSR count). The molecule has 0 amide bonds. The van der Waals surface area contributed by atoms with Gasteiger partial charge in [0.15, 0.2) is 0 Å². The molecule has 0 fully saturated rings. The van der Waals surface area contributed by atoms with Crippen molar-refractivity contribution < 1.29 is 0 Å². The average molecular weight is 259 g/mol. The number of thiophene rings is 1. The summed E-state index contributed by atoms with van der Waals surface area (Å²) < 4.78 is 0. The number of benzene rings is 1. The Kier molecular flexibility index (Phi) is 4.20. The van der Waals surface area contributed by atoms with Crippen LogP contribution in [0.15, 0.2) is 30.3 Å². The third kappa shape index (κ3) is 2.65. The zero-order chi connectivity index (χ0) is 13.1. The number of rotatable bonds is 4. The molecule has 0 saturated heterocycles. The number of hydrogen-bond acceptors (Lipinski definition) is 2. The van der Waals surface area contributed by atoms with Gasteiger partial charge in [-0.25, -0.2) is 0 Å². The quantitative estimate of drug-likeness (QED) is 0.859. The second kappa shape index (κ2) is 5.68. The second-order valence-corrected chi connectivity index (χ2v) is 6.18. The van der Waals surface area contributed by atoms with E-state index in [1.54, 1.807) is 0 Å². The molecule has 1 heterocycles. The lowest BCUT2D eigenvalue weighted by molar-refractivity contribution is 0.627. The summed E-state index contributed by atoms with van der Waals surface area (Å²) in [4.78, 5) is 2.81. The predicted molar refractivity (Wildman–Crippen MR) is 80.5 cm³/mol. The molecule has 0 aliphatic carbocycles. The minimum atomic E-state index is 0.321. The van der Waals surface area contributed by atoms with Crippen LogP contribution >= 0.6 is 11.3 Å². The van der Waals surface area contributed by atoms with Gasteiger partial charge in [0.05, 0.1) is 6.04 Å². The van der Waals surface area contributed by atoms with Crippen LogP contribution in [-0.2, 0) is 0 Å². The Bertz CT molecular complexity index is 528. The Morgan fingerprint density at radius 3 is 2.39 bits per heavy atom. The van der Waals surface area contributed by atoms with E-state index in [0.29, 0.717) is 6.04 Å². The lowest BCUT2D eigenvalue weighted by Crippen LogP contribution is -2.22. The third-order valence-corrected chi connectivity index (χ3v) is 4.28. The van der Waals surface area contributed by atoms with E-state index in [9.17, 15) is 0 Å². The zero-order valence-corrected chi connectivity index (χ0v) is 12.4. The van der Waals surface area contributed by atoms with Gasteiger partial charge in [-0.1, -0.05) is 31.2 Å². The molecule has 1 aromatic carbocycles. The predicted octanol–water partition coefficient (Wildman–Crippen LogP) is 4.37. The van der Waals surface area contributed by atoms with Gasteiger partial charge in [-0.2, -0.15) is 0 Å². The van der Waals surface area contributed by atoms with Crippen molar-refractivity contribution >= 4 is 11.3 Å². The van der Waals surface area contributed by atoms with Gasteiger partial charge in [-0.05, 0) is 50.1 Å². The monoisotopic (exact) mass is 259 g/mol. The summed E-state index contributed by atoms with van der Waals surface area (Å²) in [6, 6.07) is 11.3. The molecule has 0 aliphatic heterocycles. The highest BCUT2D eigenvalue weighted by molar-refractivity contribution is 7.12. The molecule has 1 atom stereocenters.